The molecule has 0 bridgehead atoms. The summed E-state index contributed by atoms with van der Waals surface area (Å²) in [6, 6.07) is 11.0. The highest BCUT2D eigenvalue weighted by molar-refractivity contribution is 6.11. The van der Waals surface area contributed by atoms with Crippen molar-refractivity contribution in [2.24, 2.45) is 0 Å². The fraction of sp³-hybridized carbons (Fsp3) is 0.290. The highest BCUT2D eigenvalue weighted by atomic mass is 19.1. The summed E-state index contributed by atoms with van der Waals surface area (Å²) in [6.45, 7) is 2.69. The van der Waals surface area contributed by atoms with Crippen LogP contribution in [0.3, 0.4) is 0 Å². The number of carbonyl (C=O) groups is 2. The fourth-order valence-corrected chi connectivity index (χ4v) is 5.67. The van der Waals surface area contributed by atoms with Gasteiger partial charge in [-0.1, -0.05) is 12.1 Å². The first-order valence-electron chi connectivity index (χ1n) is 13.4. The Balaban J connectivity index is 1.31. The first-order chi connectivity index (χ1) is 19.9. The number of esters is 1. The van der Waals surface area contributed by atoms with Gasteiger partial charge in [0.05, 0.1) is 25.8 Å². The predicted octanol–water partition coefficient (Wildman–Crippen LogP) is 4.97. The molecule has 2 aliphatic rings. The van der Waals surface area contributed by atoms with Crippen molar-refractivity contribution in [1.82, 2.24) is 15.3 Å². The van der Waals surface area contributed by atoms with Crippen molar-refractivity contribution < 1.29 is 28.2 Å². The highest BCUT2D eigenvalue weighted by Crippen LogP contribution is 2.42. The van der Waals surface area contributed by atoms with Crippen molar-refractivity contribution in [3.05, 3.63) is 77.4 Å². The summed E-state index contributed by atoms with van der Waals surface area (Å²) in [5.41, 5.74) is 3.39. The lowest BCUT2D eigenvalue weighted by molar-refractivity contribution is -0.122. The topological polar surface area (TPSA) is 103 Å². The van der Waals surface area contributed by atoms with Gasteiger partial charge in [0.25, 0.3) is 0 Å². The van der Waals surface area contributed by atoms with Gasteiger partial charge in [-0.15, -0.1) is 0 Å². The van der Waals surface area contributed by atoms with Crippen LogP contribution >= 0.6 is 0 Å². The van der Waals surface area contributed by atoms with Gasteiger partial charge in [0.1, 0.15) is 18.5 Å². The number of aromatic nitrogens is 2. The zero-order valence-corrected chi connectivity index (χ0v) is 22.9. The second-order valence-corrected chi connectivity index (χ2v) is 10.2. The molecule has 3 aromatic carbocycles. The Morgan fingerprint density at radius 1 is 1.07 bits per heavy atom. The number of hydrogen-bond acceptors (Lipinski definition) is 8. The number of cyclic esters (lactones) is 1. The highest BCUT2D eigenvalue weighted by Gasteiger charge is 2.34. The molecule has 0 saturated carbocycles. The third-order valence-corrected chi connectivity index (χ3v) is 7.76. The Kier molecular flexibility index (Phi) is 6.90. The predicted molar refractivity (Wildman–Crippen MR) is 151 cm³/mol. The number of carbonyl (C=O) groups excluding carboxylic acids is 2. The molecule has 4 aromatic rings. The second kappa shape index (κ2) is 10.7. The lowest BCUT2D eigenvalue weighted by Crippen LogP contribution is -2.44. The van der Waals surface area contributed by atoms with Crippen LogP contribution in [0.15, 0.2) is 54.9 Å². The monoisotopic (exact) mass is 556 g/mol. The molecule has 0 unspecified atom stereocenters. The van der Waals surface area contributed by atoms with Gasteiger partial charge >= 0.3 is 5.97 Å². The lowest BCUT2D eigenvalue weighted by Gasteiger charge is -2.25. The van der Waals surface area contributed by atoms with E-state index in [0.717, 1.165) is 28.3 Å². The molecule has 10 heteroatoms. The minimum atomic E-state index is -0.433. The van der Waals surface area contributed by atoms with E-state index < -0.39 is 12.0 Å². The van der Waals surface area contributed by atoms with Gasteiger partial charge in [0, 0.05) is 35.6 Å². The Labute approximate surface area is 236 Å². The van der Waals surface area contributed by atoms with Gasteiger partial charge in [-0.3, -0.25) is 4.79 Å². The number of amides is 1. The zero-order valence-electron chi connectivity index (χ0n) is 22.9. The Bertz CT molecular complexity index is 1640. The van der Waals surface area contributed by atoms with E-state index in [2.05, 4.69) is 15.3 Å². The molecule has 41 heavy (non-hydrogen) atoms. The van der Waals surface area contributed by atoms with E-state index in [0.29, 0.717) is 47.1 Å². The quantitative estimate of drug-likeness (QED) is 0.319. The maximum Gasteiger partial charge on any atom is 0.339 e. The minimum absolute atomic E-state index is 0.136. The number of hydrogen-bond donors (Lipinski definition) is 1. The molecule has 9 nitrogen and oxygen atoms in total. The third-order valence-electron chi connectivity index (χ3n) is 7.76. The van der Waals surface area contributed by atoms with Gasteiger partial charge < -0.3 is 24.4 Å². The molecule has 3 heterocycles. The van der Waals surface area contributed by atoms with Crippen LogP contribution in [0.1, 0.15) is 47.3 Å². The van der Waals surface area contributed by atoms with Crippen molar-refractivity contribution in [2.45, 2.75) is 38.5 Å². The lowest BCUT2D eigenvalue weighted by atomic mass is 9.91. The van der Waals surface area contributed by atoms with Crippen molar-refractivity contribution in [3.63, 3.8) is 0 Å². The molecule has 1 N–H and O–H groups in total. The number of rotatable bonds is 7. The van der Waals surface area contributed by atoms with E-state index in [9.17, 15) is 14.0 Å². The Hall–Kier alpha value is -4.73. The summed E-state index contributed by atoms with van der Waals surface area (Å²) in [5, 5.41) is 4.68. The largest absolute Gasteiger partial charge is 0.493 e. The summed E-state index contributed by atoms with van der Waals surface area (Å²) in [5.74, 6) is 0.685. The van der Waals surface area contributed by atoms with Crippen LogP contribution in [-0.4, -0.2) is 48.7 Å². The number of fused-ring (bicyclic) bond motifs is 2. The van der Waals surface area contributed by atoms with E-state index in [-0.39, 0.29) is 24.4 Å². The Morgan fingerprint density at radius 2 is 1.78 bits per heavy atom. The molecule has 0 aliphatic carbocycles. The molecule has 1 amide bonds. The molecule has 210 valence electrons. The molecule has 6 rings (SSSR count). The molecule has 1 fully saturated rings. The first-order valence-corrected chi connectivity index (χ1v) is 13.4. The normalized spacial score (nSPS) is 16.8. The average molecular weight is 557 g/mol. The maximum atomic E-state index is 13.3. The number of nitrogens with one attached hydrogen (secondary N) is 1. The van der Waals surface area contributed by atoms with E-state index in [4.69, 9.17) is 14.2 Å². The molecular formula is C31H29FN4O5. The summed E-state index contributed by atoms with van der Waals surface area (Å²) < 4.78 is 29.7. The maximum absolute atomic E-state index is 13.3. The molecule has 1 aromatic heterocycles. The zero-order chi connectivity index (χ0) is 28.7. The number of nitrogens with zero attached hydrogens (tertiary/aromatic N) is 3. The summed E-state index contributed by atoms with van der Waals surface area (Å²) in [6.07, 6.45) is 4.83. The molecule has 2 atom stereocenters. The van der Waals surface area contributed by atoms with Gasteiger partial charge in [-0.2, -0.15) is 0 Å². The van der Waals surface area contributed by atoms with Gasteiger partial charge in [0.2, 0.25) is 11.9 Å². The van der Waals surface area contributed by atoms with Crippen LogP contribution in [-0.2, 0) is 16.1 Å². The van der Waals surface area contributed by atoms with E-state index in [1.54, 1.807) is 38.7 Å². The van der Waals surface area contributed by atoms with Crippen LogP contribution in [0.4, 0.5) is 10.3 Å². The van der Waals surface area contributed by atoms with Gasteiger partial charge in [-0.05, 0) is 66.4 Å². The van der Waals surface area contributed by atoms with Crippen LogP contribution in [0, 0.1) is 5.82 Å². The van der Waals surface area contributed by atoms with Crippen LogP contribution < -0.4 is 19.7 Å². The van der Waals surface area contributed by atoms with Crippen LogP contribution in [0.25, 0.3) is 21.9 Å². The SMILES string of the molecule is COc1cc2cc3c(c(-c4cnc(N5CCC[C@H]5C(=O)N[C@@H](C)c5ccc(F)cc5)nc4)c2cc1OC)C(=O)OC3. The van der Waals surface area contributed by atoms with Crippen LogP contribution in [0.5, 0.6) is 11.5 Å². The van der Waals surface area contributed by atoms with E-state index in [1.807, 2.05) is 30.0 Å². The van der Waals surface area contributed by atoms with Crippen molar-refractivity contribution in [1.29, 1.82) is 0 Å². The van der Waals surface area contributed by atoms with Crippen molar-refractivity contribution >= 4 is 28.6 Å². The smallest absolute Gasteiger partial charge is 0.339 e. The Morgan fingerprint density at radius 3 is 2.49 bits per heavy atom. The second-order valence-electron chi connectivity index (χ2n) is 10.2. The van der Waals surface area contributed by atoms with E-state index in [1.165, 1.54) is 12.1 Å². The van der Waals surface area contributed by atoms with Gasteiger partial charge in [0.15, 0.2) is 11.5 Å². The van der Waals surface area contributed by atoms with Gasteiger partial charge in [-0.25, -0.2) is 19.2 Å². The molecule has 0 spiro atoms. The number of halogens is 1. The fourth-order valence-electron chi connectivity index (χ4n) is 5.67. The third kappa shape index (κ3) is 4.79. The summed E-state index contributed by atoms with van der Waals surface area (Å²) >= 11 is 0. The standard InChI is InChI=1S/C31H29FN4O5/c1-17(18-6-8-22(32)9-7-18)35-29(37)24-5-4-10-36(24)31-33-14-21(15-34-31)27-23-13-26(40-3)25(39-2)12-19(23)11-20-16-41-30(38)28(20)27/h6-9,11-15,17,24H,4-5,10,16H2,1-3H3,(H,35,37)/t17-,24-/m0/s1. The summed E-state index contributed by atoms with van der Waals surface area (Å²) in [4.78, 5) is 37.2. The molecule has 2 aliphatic heterocycles. The molecule has 1 saturated heterocycles. The minimum Gasteiger partial charge on any atom is -0.493 e. The average Bonchev–Trinajstić information content (AvgIpc) is 3.63. The van der Waals surface area contributed by atoms with Crippen molar-refractivity contribution in [2.75, 3.05) is 25.7 Å². The first kappa shape index (κ1) is 26.5. The molecule has 0 radical (unpaired) electrons. The summed E-state index contributed by atoms with van der Waals surface area (Å²) in [7, 11) is 3.14. The number of ether oxygens (including phenoxy) is 3. The number of benzene rings is 3. The van der Waals surface area contributed by atoms with Crippen molar-refractivity contribution in [3.8, 4) is 22.6 Å². The van der Waals surface area contributed by atoms with E-state index >= 15 is 0 Å². The van der Waals surface area contributed by atoms with Crippen LogP contribution in [0.2, 0.25) is 0 Å². The number of methoxy groups -OCH3 is 2. The molecular weight excluding hydrogens is 527 g/mol. The number of anilines is 1.